The van der Waals surface area contributed by atoms with Gasteiger partial charge in [-0.2, -0.15) is 0 Å². The lowest BCUT2D eigenvalue weighted by atomic mass is 10.2. The van der Waals surface area contributed by atoms with Gasteiger partial charge in [0.1, 0.15) is 17.1 Å². The summed E-state index contributed by atoms with van der Waals surface area (Å²) in [6, 6.07) is 9.96. The third-order valence-electron chi connectivity index (χ3n) is 3.96. The van der Waals surface area contributed by atoms with E-state index in [0.29, 0.717) is 22.9 Å². The van der Waals surface area contributed by atoms with Crippen LogP contribution in [0, 0.1) is 0 Å². The lowest BCUT2D eigenvalue weighted by Crippen LogP contribution is -2.39. The van der Waals surface area contributed by atoms with Gasteiger partial charge < -0.3 is 19.8 Å². The summed E-state index contributed by atoms with van der Waals surface area (Å²) in [5, 5.41) is 2.61. The van der Waals surface area contributed by atoms with Gasteiger partial charge in [-0.1, -0.05) is 6.07 Å². The fourth-order valence-electron chi connectivity index (χ4n) is 2.55. The molecule has 0 saturated heterocycles. The molecule has 3 rings (SSSR count). The fraction of sp³-hybridized carbons (Fsp3) is 0.158. The quantitative estimate of drug-likeness (QED) is 0.663. The molecule has 2 N–H and O–H groups in total. The molecule has 144 valence electrons. The first-order valence-electron chi connectivity index (χ1n) is 8.28. The van der Waals surface area contributed by atoms with Gasteiger partial charge in [-0.05, 0) is 12.1 Å². The van der Waals surface area contributed by atoms with E-state index < -0.39 is 17.2 Å². The van der Waals surface area contributed by atoms with Crippen molar-refractivity contribution in [3.8, 4) is 11.5 Å². The molecule has 2 heterocycles. The van der Waals surface area contributed by atoms with Crippen molar-refractivity contribution in [3.63, 3.8) is 0 Å². The summed E-state index contributed by atoms with van der Waals surface area (Å²) in [6.07, 6.45) is 2.65. The second kappa shape index (κ2) is 8.21. The second-order valence-corrected chi connectivity index (χ2v) is 5.78. The minimum Gasteiger partial charge on any atom is -0.497 e. The summed E-state index contributed by atoms with van der Waals surface area (Å²) < 4.78 is 11.2. The maximum atomic E-state index is 12.7. The summed E-state index contributed by atoms with van der Waals surface area (Å²) in [4.78, 5) is 43.8. The van der Waals surface area contributed by atoms with E-state index in [9.17, 15) is 14.4 Å². The van der Waals surface area contributed by atoms with E-state index in [1.807, 2.05) is 0 Å². The highest BCUT2D eigenvalue weighted by molar-refractivity contribution is 6.04. The van der Waals surface area contributed by atoms with E-state index in [1.54, 1.807) is 42.6 Å². The van der Waals surface area contributed by atoms with Crippen molar-refractivity contribution in [2.75, 3.05) is 19.5 Å². The van der Waals surface area contributed by atoms with Crippen LogP contribution in [0.15, 0.2) is 58.4 Å². The molecule has 0 aliphatic heterocycles. The Labute approximate surface area is 159 Å². The van der Waals surface area contributed by atoms with Gasteiger partial charge in [0, 0.05) is 36.3 Å². The number of methoxy groups -OCH3 is 2. The number of nitrogens with zero attached hydrogens (tertiary/aromatic N) is 2. The Kier molecular flexibility index (Phi) is 5.54. The first-order chi connectivity index (χ1) is 13.5. The van der Waals surface area contributed by atoms with E-state index in [1.165, 1.54) is 14.2 Å². The van der Waals surface area contributed by atoms with Crippen molar-refractivity contribution in [2.45, 2.75) is 6.54 Å². The molecule has 1 aromatic carbocycles. The van der Waals surface area contributed by atoms with Crippen LogP contribution < -0.4 is 26.0 Å². The predicted octanol–water partition coefficient (Wildman–Crippen LogP) is 1.25. The normalized spacial score (nSPS) is 10.4. The lowest BCUT2D eigenvalue weighted by molar-refractivity contribution is 0.102. The van der Waals surface area contributed by atoms with Crippen molar-refractivity contribution >= 4 is 11.6 Å². The molecule has 0 unspecified atom stereocenters. The number of carbonyl (C=O) groups is 1. The number of amides is 1. The highest BCUT2D eigenvalue weighted by Crippen LogP contribution is 2.25. The summed E-state index contributed by atoms with van der Waals surface area (Å²) in [5.41, 5.74) is -0.664. The third-order valence-corrected chi connectivity index (χ3v) is 3.96. The molecule has 28 heavy (non-hydrogen) atoms. The Bertz CT molecular complexity index is 1080. The maximum Gasteiger partial charge on any atom is 0.328 e. The average molecular weight is 382 g/mol. The number of ether oxygens (including phenoxy) is 2. The summed E-state index contributed by atoms with van der Waals surface area (Å²) >= 11 is 0. The number of anilines is 1. The van der Waals surface area contributed by atoms with Gasteiger partial charge >= 0.3 is 5.69 Å². The lowest BCUT2D eigenvalue weighted by Gasteiger charge is -2.10. The summed E-state index contributed by atoms with van der Waals surface area (Å²) in [6.45, 7) is -0.0525. The number of carbonyl (C=O) groups excluding carboxylic acids is 1. The van der Waals surface area contributed by atoms with Gasteiger partial charge in [-0.25, -0.2) is 4.79 Å². The molecule has 0 aliphatic rings. The first kappa shape index (κ1) is 18.9. The van der Waals surface area contributed by atoms with Gasteiger partial charge in [-0.3, -0.25) is 19.1 Å². The van der Waals surface area contributed by atoms with Crippen molar-refractivity contribution in [1.82, 2.24) is 14.5 Å². The number of nitrogens with one attached hydrogen (secondary N) is 2. The molecule has 0 radical (unpaired) electrons. The molecule has 9 nitrogen and oxygen atoms in total. The highest BCUT2D eigenvalue weighted by Gasteiger charge is 2.16. The van der Waals surface area contributed by atoms with E-state index >= 15 is 0 Å². The van der Waals surface area contributed by atoms with E-state index in [-0.39, 0.29) is 12.1 Å². The SMILES string of the molecule is COc1cc(NC(=O)c2c[nH]c(=O)n(Cc3ccccn3)c2=O)cc(OC)c1. The largest absolute Gasteiger partial charge is 0.497 e. The zero-order valence-corrected chi connectivity index (χ0v) is 15.3. The zero-order chi connectivity index (χ0) is 20.1. The van der Waals surface area contributed by atoms with Crippen LogP contribution in [-0.2, 0) is 6.54 Å². The minimum atomic E-state index is -0.721. The van der Waals surface area contributed by atoms with Crippen LogP contribution in [0.1, 0.15) is 16.1 Å². The topological polar surface area (TPSA) is 115 Å². The molecule has 3 aromatic rings. The molecule has 9 heteroatoms. The Morgan fingerprint density at radius 2 is 1.86 bits per heavy atom. The first-order valence-corrected chi connectivity index (χ1v) is 8.28. The van der Waals surface area contributed by atoms with Gasteiger partial charge in [0.05, 0.1) is 26.5 Å². The van der Waals surface area contributed by atoms with E-state index in [0.717, 1.165) is 10.8 Å². The van der Waals surface area contributed by atoms with Crippen LogP contribution in [0.3, 0.4) is 0 Å². The van der Waals surface area contributed by atoms with Crippen molar-refractivity contribution in [1.29, 1.82) is 0 Å². The average Bonchev–Trinajstić information content (AvgIpc) is 2.71. The molecule has 0 aliphatic carbocycles. The molecule has 1 amide bonds. The number of hydrogen-bond acceptors (Lipinski definition) is 6. The molecule has 0 spiro atoms. The van der Waals surface area contributed by atoms with Crippen molar-refractivity contribution in [3.05, 3.63) is 80.9 Å². The highest BCUT2D eigenvalue weighted by atomic mass is 16.5. The van der Waals surface area contributed by atoms with Crippen LogP contribution in [0.4, 0.5) is 5.69 Å². The van der Waals surface area contributed by atoms with Gasteiger partial charge in [0.25, 0.3) is 11.5 Å². The van der Waals surface area contributed by atoms with Crippen LogP contribution in [0.5, 0.6) is 11.5 Å². The fourth-order valence-corrected chi connectivity index (χ4v) is 2.55. The Morgan fingerprint density at radius 1 is 1.14 bits per heavy atom. The predicted molar refractivity (Wildman–Crippen MR) is 102 cm³/mol. The standard InChI is InChI=1S/C19H18N4O5/c1-27-14-7-13(8-15(9-14)28-2)22-17(24)16-10-21-19(26)23(18(16)25)11-12-5-3-4-6-20-12/h3-10H,11H2,1-2H3,(H,21,26)(H,22,24). The zero-order valence-electron chi connectivity index (χ0n) is 15.3. The third kappa shape index (κ3) is 4.09. The number of H-pyrrole nitrogens is 1. The number of rotatable bonds is 6. The molecule has 0 bridgehead atoms. The molecule has 0 atom stereocenters. The van der Waals surface area contributed by atoms with Gasteiger partial charge in [0.15, 0.2) is 0 Å². The van der Waals surface area contributed by atoms with Crippen LogP contribution in [0.25, 0.3) is 0 Å². The van der Waals surface area contributed by atoms with E-state index in [2.05, 4.69) is 15.3 Å². The molecular formula is C19H18N4O5. The number of pyridine rings is 1. The van der Waals surface area contributed by atoms with Crippen molar-refractivity contribution in [2.24, 2.45) is 0 Å². The molecular weight excluding hydrogens is 364 g/mol. The number of benzene rings is 1. The summed E-state index contributed by atoms with van der Waals surface area (Å²) in [7, 11) is 2.97. The summed E-state index contributed by atoms with van der Waals surface area (Å²) in [5.74, 6) is 0.277. The Balaban J connectivity index is 1.92. The van der Waals surface area contributed by atoms with Crippen LogP contribution in [-0.4, -0.2) is 34.7 Å². The molecule has 2 aromatic heterocycles. The maximum absolute atomic E-state index is 12.7. The second-order valence-electron chi connectivity index (χ2n) is 5.78. The smallest absolute Gasteiger partial charge is 0.328 e. The van der Waals surface area contributed by atoms with Crippen LogP contribution in [0.2, 0.25) is 0 Å². The number of aromatic amines is 1. The van der Waals surface area contributed by atoms with Crippen molar-refractivity contribution < 1.29 is 14.3 Å². The number of hydrogen-bond donors (Lipinski definition) is 2. The van der Waals surface area contributed by atoms with Crippen LogP contribution >= 0.6 is 0 Å². The minimum absolute atomic E-state index is 0.0525. The number of aromatic nitrogens is 3. The monoisotopic (exact) mass is 382 g/mol. The Hall–Kier alpha value is -3.88. The van der Waals surface area contributed by atoms with E-state index in [4.69, 9.17) is 9.47 Å². The molecule has 0 fully saturated rings. The molecule has 0 saturated carbocycles. The Morgan fingerprint density at radius 3 is 2.46 bits per heavy atom. The van der Waals surface area contributed by atoms with Gasteiger partial charge in [0.2, 0.25) is 0 Å². The van der Waals surface area contributed by atoms with Gasteiger partial charge in [-0.15, -0.1) is 0 Å².